The lowest BCUT2D eigenvalue weighted by Crippen LogP contribution is -2.49. The van der Waals surface area contributed by atoms with E-state index in [-0.39, 0.29) is 30.4 Å². The third kappa shape index (κ3) is 4.35. The molecule has 5 rings (SSSR count). The minimum Gasteiger partial charge on any atom is -0.497 e. The Bertz CT molecular complexity index is 1400. The monoisotopic (exact) mass is 481 g/mol. The summed E-state index contributed by atoms with van der Waals surface area (Å²) in [6, 6.07) is 25.1. The number of rotatable bonds is 6. The second kappa shape index (κ2) is 9.90. The molecule has 1 aliphatic heterocycles. The van der Waals surface area contributed by atoms with E-state index in [0.717, 1.165) is 27.8 Å². The van der Waals surface area contributed by atoms with E-state index in [1.807, 2.05) is 91.5 Å². The Morgan fingerprint density at radius 1 is 0.972 bits per heavy atom. The maximum absolute atomic E-state index is 13.9. The number of carbonyl (C=O) groups excluding carboxylic acids is 2. The van der Waals surface area contributed by atoms with Crippen molar-refractivity contribution in [3.63, 3.8) is 0 Å². The van der Waals surface area contributed by atoms with Gasteiger partial charge in [0.1, 0.15) is 12.3 Å². The Balaban J connectivity index is 1.47. The van der Waals surface area contributed by atoms with Gasteiger partial charge in [-0.3, -0.25) is 9.59 Å². The number of ether oxygens (including phenoxy) is 1. The van der Waals surface area contributed by atoms with Crippen LogP contribution in [0.3, 0.4) is 0 Å². The molecule has 2 heterocycles. The van der Waals surface area contributed by atoms with Gasteiger partial charge >= 0.3 is 0 Å². The molecule has 0 N–H and O–H groups in total. The van der Waals surface area contributed by atoms with Gasteiger partial charge in [-0.15, -0.1) is 0 Å². The van der Waals surface area contributed by atoms with E-state index in [0.29, 0.717) is 18.7 Å². The summed E-state index contributed by atoms with van der Waals surface area (Å²) in [6.07, 6.45) is 2.05. The standard InChI is InChI=1S/C30H31N3O3/c1-21(2)33(30(35)26-14-7-10-22-9-4-5-13-25(22)26)20-28(34)32-18-17-31-16-8-15-27(31)29(32)23-11-6-12-24(19-23)36-3/h4-16,19,21,29H,17-18,20H2,1-3H3/t29-/m1/s1. The average molecular weight is 482 g/mol. The molecule has 0 unspecified atom stereocenters. The van der Waals surface area contributed by atoms with Gasteiger partial charge in [0.25, 0.3) is 5.91 Å². The fourth-order valence-electron chi connectivity index (χ4n) is 5.11. The van der Waals surface area contributed by atoms with Crippen molar-refractivity contribution in [3.05, 3.63) is 102 Å². The van der Waals surface area contributed by atoms with Gasteiger partial charge in [-0.2, -0.15) is 0 Å². The van der Waals surface area contributed by atoms with Crippen molar-refractivity contribution in [2.75, 3.05) is 20.2 Å². The molecule has 0 saturated heterocycles. The molecule has 0 spiro atoms. The van der Waals surface area contributed by atoms with Crippen molar-refractivity contribution in [1.29, 1.82) is 0 Å². The number of amides is 2. The highest BCUT2D eigenvalue weighted by Gasteiger charge is 2.34. The summed E-state index contributed by atoms with van der Waals surface area (Å²) in [7, 11) is 1.64. The van der Waals surface area contributed by atoms with Crippen molar-refractivity contribution < 1.29 is 14.3 Å². The van der Waals surface area contributed by atoms with Gasteiger partial charge in [-0.05, 0) is 60.5 Å². The van der Waals surface area contributed by atoms with Crippen LogP contribution in [0.4, 0.5) is 0 Å². The number of carbonyl (C=O) groups is 2. The van der Waals surface area contributed by atoms with Crippen LogP contribution in [-0.2, 0) is 11.3 Å². The second-order valence-corrected chi connectivity index (χ2v) is 9.45. The predicted octanol–water partition coefficient (Wildman–Crippen LogP) is 5.13. The first-order valence-electron chi connectivity index (χ1n) is 12.3. The quantitative estimate of drug-likeness (QED) is 0.384. The first-order chi connectivity index (χ1) is 17.5. The third-order valence-electron chi connectivity index (χ3n) is 6.98. The Labute approximate surface area is 211 Å². The van der Waals surface area contributed by atoms with Crippen molar-refractivity contribution in [2.24, 2.45) is 0 Å². The first kappa shape index (κ1) is 23.7. The molecule has 2 amide bonds. The Kier molecular flexibility index (Phi) is 6.51. The van der Waals surface area contributed by atoms with Crippen molar-refractivity contribution >= 4 is 22.6 Å². The van der Waals surface area contributed by atoms with E-state index in [1.54, 1.807) is 12.0 Å². The highest BCUT2D eigenvalue weighted by Crippen LogP contribution is 2.34. The van der Waals surface area contributed by atoms with Crippen LogP contribution in [0.5, 0.6) is 5.75 Å². The minimum atomic E-state index is -0.252. The number of nitrogens with zero attached hydrogens (tertiary/aromatic N) is 3. The van der Waals surface area contributed by atoms with E-state index in [1.165, 1.54) is 0 Å². The number of hydrogen-bond donors (Lipinski definition) is 0. The van der Waals surface area contributed by atoms with E-state index in [4.69, 9.17) is 4.74 Å². The van der Waals surface area contributed by atoms with Gasteiger partial charge in [0.05, 0.1) is 13.2 Å². The summed E-state index contributed by atoms with van der Waals surface area (Å²) in [5, 5.41) is 1.90. The zero-order valence-electron chi connectivity index (χ0n) is 20.9. The molecule has 0 fully saturated rings. The maximum atomic E-state index is 13.9. The maximum Gasteiger partial charge on any atom is 0.255 e. The molecule has 1 aromatic heterocycles. The molecule has 6 nitrogen and oxygen atoms in total. The summed E-state index contributed by atoms with van der Waals surface area (Å²) in [5.74, 6) is 0.546. The molecule has 0 radical (unpaired) electrons. The predicted molar refractivity (Wildman–Crippen MR) is 141 cm³/mol. The average Bonchev–Trinajstić information content (AvgIpc) is 3.39. The van der Waals surface area contributed by atoms with Crippen molar-refractivity contribution in [3.8, 4) is 5.75 Å². The summed E-state index contributed by atoms with van der Waals surface area (Å²) in [4.78, 5) is 31.2. The molecule has 0 bridgehead atoms. The SMILES string of the molecule is COc1cccc([C@@H]2c3cccn3CCN2C(=O)CN(C(=O)c2cccc3ccccc23)C(C)C)c1. The Hall–Kier alpha value is -4.06. The van der Waals surface area contributed by atoms with E-state index in [2.05, 4.69) is 16.8 Å². The number of fused-ring (bicyclic) bond motifs is 2. The normalized spacial score (nSPS) is 15.1. The van der Waals surface area contributed by atoms with E-state index in [9.17, 15) is 9.59 Å². The highest BCUT2D eigenvalue weighted by molar-refractivity contribution is 6.07. The number of hydrogen-bond acceptors (Lipinski definition) is 3. The molecule has 0 saturated carbocycles. The topological polar surface area (TPSA) is 54.8 Å². The zero-order valence-corrected chi connectivity index (χ0v) is 20.9. The lowest BCUT2D eigenvalue weighted by molar-refractivity contribution is -0.135. The fourth-order valence-corrected chi connectivity index (χ4v) is 5.11. The summed E-state index contributed by atoms with van der Waals surface area (Å²) >= 11 is 0. The number of methoxy groups -OCH3 is 1. The van der Waals surface area contributed by atoms with Crippen LogP contribution < -0.4 is 4.74 Å². The molecule has 1 aliphatic rings. The van der Waals surface area contributed by atoms with Crippen LogP contribution in [0, 0.1) is 0 Å². The van der Waals surface area contributed by atoms with E-state index < -0.39 is 0 Å². The lowest BCUT2D eigenvalue weighted by atomic mass is 9.99. The second-order valence-electron chi connectivity index (χ2n) is 9.45. The van der Waals surface area contributed by atoms with Crippen LogP contribution in [0.25, 0.3) is 10.8 Å². The van der Waals surface area contributed by atoms with Crippen LogP contribution in [0.15, 0.2) is 85.1 Å². The fraction of sp³-hybridized carbons (Fsp3) is 0.267. The van der Waals surface area contributed by atoms with Crippen molar-refractivity contribution in [1.82, 2.24) is 14.4 Å². The Morgan fingerprint density at radius 2 is 1.75 bits per heavy atom. The summed E-state index contributed by atoms with van der Waals surface area (Å²) < 4.78 is 7.65. The zero-order chi connectivity index (χ0) is 25.2. The molecule has 0 aliphatic carbocycles. The molecule has 3 aromatic carbocycles. The molecular weight excluding hydrogens is 450 g/mol. The van der Waals surface area contributed by atoms with Crippen LogP contribution in [0.1, 0.15) is 41.5 Å². The summed E-state index contributed by atoms with van der Waals surface area (Å²) in [5.41, 5.74) is 2.66. The minimum absolute atomic E-state index is 0.0148. The number of aromatic nitrogens is 1. The molecule has 4 aromatic rings. The number of benzene rings is 3. The van der Waals surface area contributed by atoms with Gasteiger partial charge in [-0.25, -0.2) is 0 Å². The largest absolute Gasteiger partial charge is 0.497 e. The van der Waals surface area contributed by atoms with Gasteiger partial charge in [0.15, 0.2) is 0 Å². The third-order valence-corrected chi connectivity index (χ3v) is 6.98. The molecule has 6 heteroatoms. The van der Waals surface area contributed by atoms with Crippen LogP contribution >= 0.6 is 0 Å². The smallest absolute Gasteiger partial charge is 0.255 e. The molecular formula is C30H31N3O3. The van der Waals surface area contributed by atoms with Gasteiger partial charge < -0.3 is 19.1 Å². The van der Waals surface area contributed by atoms with Crippen LogP contribution in [-0.4, -0.2) is 52.4 Å². The van der Waals surface area contributed by atoms with Crippen molar-refractivity contribution in [2.45, 2.75) is 32.5 Å². The van der Waals surface area contributed by atoms with Gasteiger partial charge in [-0.1, -0.05) is 48.5 Å². The first-order valence-corrected chi connectivity index (χ1v) is 12.3. The highest BCUT2D eigenvalue weighted by atomic mass is 16.5. The molecule has 1 atom stereocenters. The van der Waals surface area contributed by atoms with E-state index >= 15 is 0 Å². The lowest BCUT2D eigenvalue weighted by Gasteiger charge is -2.39. The molecule has 36 heavy (non-hydrogen) atoms. The Morgan fingerprint density at radius 3 is 2.56 bits per heavy atom. The van der Waals surface area contributed by atoms with Gasteiger partial charge in [0, 0.05) is 36.6 Å². The van der Waals surface area contributed by atoms with Gasteiger partial charge in [0.2, 0.25) is 5.91 Å². The summed E-state index contributed by atoms with van der Waals surface area (Å²) in [6.45, 7) is 5.21. The molecule has 184 valence electrons. The van der Waals surface area contributed by atoms with Crippen LogP contribution in [0.2, 0.25) is 0 Å².